The second-order valence-corrected chi connectivity index (χ2v) is 6.33. The molecule has 3 heteroatoms. The van der Waals surface area contributed by atoms with Crippen molar-refractivity contribution in [1.82, 2.24) is 0 Å². The van der Waals surface area contributed by atoms with Crippen molar-refractivity contribution in [1.29, 1.82) is 0 Å². The summed E-state index contributed by atoms with van der Waals surface area (Å²) in [6.07, 6.45) is 3.36. The fourth-order valence-electron chi connectivity index (χ4n) is 2.80. The van der Waals surface area contributed by atoms with Crippen LogP contribution in [0, 0.1) is 0 Å². The molecule has 0 aliphatic rings. The summed E-state index contributed by atoms with van der Waals surface area (Å²) in [5, 5.41) is 0. The van der Waals surface area contributed by atoms with E-state index in [-0.39, 0.29) is 5.97 Å². The molecule has 0 atom stereocenters. The van der Waals surface area contributed by atoms with Gasteiger partial charge in [0.1, 0.15) is 11.5 Å². The Labute approximate surface area is 160 Å². The zero-order valence-corrected chi connectivity index (χ0v) is 15.6. The minimum atomic E-state index is -0.379. The van der Waals surface area contributed by atoms with Gasteiger partial charge in [-0.15, -0.1) is 0 Å². The van der Waals surface area contributed by atoms with Crippen LogP contribution in [0.4, 0.5) is 0 Å². The molecule has 0 heterocycles. The van der Waals surface area contributed by atoms with E-state index in [2.05, 4.69) is 6.92 Å². The van der Waals surface area contributed by atoms with Gasteiger partial charge < -0.3 is 9.47 Å². The van der Waals surface area contributed by atoms with Crippen LogP contribution in [0.5, 0.6) is 11.5 Å². The average Bonchev–Trinajstić information content (AvgIpc) is 2.73. The van der Waals surface area contributed by atoms with Crippen molar-refractivity contribution in [2.24, 2.45) is 0 Å². The third kappa shape index (κ3) is 5.20. The molecule has 3 aromatic rings. The van der Waals surface area contributed by atoms with E-state index in [1.165, 1.54) is 6.42 Å². The molecule has 27 heavy (non-hydrogen) atoms. The number of esters is 1. The van der Waals surface area contributed by atoms with E-state index in [0.29, 0.717) is 17.9 Å². The third-order valence-corrected chi connectivity index (χ3v) is 4.28. The molecule has 3 rings (SSSR count). The van der Waals surface area contributed by atoms with Gasteiger partial charge in [0, 0.05) is 5.56 Å². The number of benzene rings is 3. The smallest absolute Gasteiger partial charge is 0.343 e. The molecular weight excluding hydrogens is 336 g/mol. The molecule has 0 N–H and O–H groups in total. The van der Waals surface area contributed by atoms with Gasteiger partial charge in [-0.2, -0.15) is 0 Å². The van der Waals surface area contributed by atoms with Crippen LogP contribution in [0.1, 0.15) is 36.5 Å². The molecule has 0 saturated heterocycles. The summed E-state index contributed by atoms with van der Waals surface area (Å²) in [6, 6.07) is 24.5. The number of para-hydroxylation sites is 1. The van der Waals surface area contributed by atoms with Crippen molar-refractivity contribution >= 4 is 5.97 Å². The Bertz CT molecular complexity index is 854. The molecule has 0 aromatic heterocycles. The van der Waals surface area contributed by atoms with Gasteiger partial charge in [-0.25, -0.2) is 4.79 Å². The van der Waals surface area contributed by atoms with Gasteiger partial charge in [0.2, 0.25) is 0 Å². The third-order valence-electron chi connectivity index (χ3n) is 4.28. The Balaban J connectivity index is 1.68. The largest absolute Gasteiger partial charge is 0.494 e. The number of hydrogen-bond donors (Lipinski definition) is 0. The molecule has 0 spiro atoms. The van der Waals surface area contributed by atoms with Crippen LogP contribution >= 0.6 is 0 Å². The summed E-state index contributed by atoms with van der Waals surface area (Å²) in [4.78, 5) is 12.5. The second kappa shape index (κ2) is 9.58. The fourth-order valence-corrected chi connectivity index (χ4v) is 2.80. The topological polar surface area (TPSA) is 35.5 Å². The molecule has 0 fully saturated rings. The number of unbranched alkanes of at least 4 members (excludes halogenated alkanes) is 2. The second-order valence-electron chi connectivity index (χ2n) is 6.33. The molecule has 3 aromatic carbocycles. The number of carbonyl (C=O) groups is 1. The molecule has 0 saturated carbocycles. The van der Waals surface area contributed by atoms with Crippen molar-refractivity contribution < 1.29 is 14.3 Å². The lowest BCUT2D eigenvalue weighted by Crippen LogP contribution is -2.09. The van der Waals surface area contributed by atoms with Crippen molar-refractivity contribution in [3.05, 3.63) is 84.4 Å². The lowest BCUT2D eigenvalue weighted by Gasteiger charge is -2.11. The highest BCUT2D eigenvalue weighted by atomic mass is 16.5. The molecule has 0 unspecified atom stereocenters. The molecule has 0 bridgehead atoms. The number of rotatable bonds is 8. The van der Waals surface area contributed by atoms with Crippen molar-refractivity contribution in [2.75, 3.05) is 6.61 Å². The van der Waals surface area contributed by atoms with Gasteiger partial charge in [-0.1, -0.05) is 68.3 Å². The molecule has 0 aliphatic heterocycles. The predicted molar refractivity (Wildman–Crippen MR) is 108 cm³/mol. The van der Waals surface area contributed by atoms with Gasteiger partial charge >= 0.3 is 5.97 Å². The number of hydrogen-bond acceptors (Lipinski definition) is 3. The van der Waals surface area contributed by atoms with E-state index >= 15 is 0 Å². The van der Waals surface area contributed by atoms with Gasteiger partial charge in [0.25, 0.3) is 0 Å². The highest BCUT2D eigenvalue weighted by Crippen LogP contribution is 2.30. The lowest BCUT2D eigenvalue weighted by atomic mass is 10.0. The molecule has 3 nitrogen and oxygen atoms in total. The Morgan fingerprint density at radius 1 is 0.815 bits per heavy atom. The first-order valence-corrected chi connectivity index (χ1v) is 9.37. The van der Waals surface area contributed by atoms with E-state index in [9.17, 15) is 4.79 Å². The average molecular weight is 360 g/mol. The first kappa shape index (κ1) is 18.7. The predicted octanol–water partition coefficient (Wildman–Crippen LogP) is 6.14. The zero-order valence-electron chi connectivity index (χ0n) is 15.6. The standard InChI is InChI=1S/C24H24O3/c1-2-3-9-18-26-21-16-14-20(15-17-21)24(25)27-23-13-8-7-12-22(23)19-10-5-4-6-11-19/h4-8,10-17H,2-3,9,18H2,1H3. The summed E-state index contributed by atoms with van der Waals surface area (Å²) >= 11 is 0. The van der Waals surface area contributed by atoms with E-state index in [4.69, 9.17) is 9.47 Å². The Morgan fingerprint density at radius 3 is 2.26 bits per heavy atom. The summed E-state index contributed by atoms with van der Waals surface area (Å²) in [7, 11) is 0. The van der Waals surface area contributed by atoms with Crippen LogP contribution in [0.25, 0.3) is 11.1 Å². The minimum Gasteiger partial charge on any atom is -0.494 e. The van der Waals surface area contributed by atoms with Crippen molar-refractivity contribution in [3.63, 3.8) is 0 Å². The minimum absolute atomic E-state index is 0.379. The summed E-state index contributed by atoms with van der Waals surface area (Å²) < 4.78 is 11.3. The quantitative estimate of drug-likeness (QED) is 0.275. The van der Waals surface area contributed by atoms with Crippen LogP contribution < -0.4 is 9.47 Å². The van der Waals surface area contributed by atoms with E-state index in [0.717, 1.165) is 29.7 Å². The maximum Gasteiger partial charge on any atom is 0.343 e. The van der Waals surface area contributed by atoms with Crippen LogP contribution in [0.15, 0.2) is 78.9 Å². The maximum atomic E-state index is 12.5. The summed E-state index contributed by atoms with van der Waals surface area (Å²) in [6.45, 7) is 2.86. The normalized spacial score (nSPS) is 10.4. The molecule has 0 aliphatic carbocycles. The maximum absolute atomic E-state index is 12.5. The lowest BCUT2D eigenvalue weighted by molar-refractivity contribution is 0.0735. The van der Waals surface area contributed by atoms with Gasteiger partial charge in [-0.05, 0) is 42.3 Å². The van der Waals surface area contributed by atoms with Crippen LogP contribution in [0.2, 0.25) is 0 Å². The summed E-state index contributed by atoms with van der Waals surface area (Å²) in [5.41, 5.74) is 2.40. The first-order valence-electron chi connectivity index (χ1n) is 9.37. The van der Waals surface area contributed by atoms with Crippen LogP contribution in [-0.4, -0.2) is 12.6 Å². The van der Waals surface area contributed by atoms with E-state index in [1.54, 1.807) is 12.1 Å². The highest BCUT2D eigenvalue weighted by molar-refractivity contribution is 5.92. The van der Waals surface area contributed by atoms with Gasteiger partial charge in [0.15, 0.2) is 0 Å². The number of ether oxygens (including phenoxy) is 2. The van der Waals surface area contributed by atoms with Gasteiger partial charge in [-0.3, -0.25) is 0 Å². The zero-order chi connectivity index (χ0) is 18.9. The fraction of sp³-hybridized carbons (Fsp3) is 0.208. The Kier molecular flexibility index (Phi) is 6.64. The number of carbonyl (C=O) groups excluding carboxylic acids is 1. The molecular formula is C24H24O3. The van der Waals surface area contributed by atoms with Crippen LogP contribution in [-0.2, 0) is 0 Å². The first-order chi connectivity index (χ1) is 13.3. The molecule has 138 valence electrons. The monoisotopic (exact) mass is 360 g/mol. The Hall–Kier alpha value is -3.07. The SMILES string of the molecule is CCCCCOc1ccc(C(=O)Oc2ccccc2-c2ccccc2)cc1. The van der Waals surface area contributed by atoms with Crippen molar-refractivity contribution in [3.8, 4) is 22.6 Å². The van der Waals surface area contributed by atoms with E-state index < -0.39 is 0 Å². The molecule has 0 radical (unpaired) electrons. The Morgan fingerprint density at radius 2 is 1.52 bits per heavy atom. The van der Waals surface area contributed by atoms with Gasteiger partial charge in [0.05, 0.1) is 12.2 Å². The van der Waals surface area contributed by atoms with E-state index in [1.807, 2.05) is 66.7 Å². The summed E-state index contributed by atoms with van der Waals surface area (Å²) in [5.74, 6) is 0.942. The molecule has 0 amide bonds. The van der Waals surface area contributed by atoms with Crippen LogP contribution in [0.3, 0.4) is 0 Å². The van der Waals surface area contributed by atoms with Crippen molar-refractivity contribution in [2.45, 2.75) is 26.2 Å². The highest BCUT2D eigenvalue weighted by Gasteiger charge is 2.12.